The first kappa shape index (κ1) is 29.8. The van der Waals surface area contributed by atoms with E-state index in [0.717, 1.165) is 16.5 Å². The summed E-state index contributed by atoms with van der Waals surface area (Å²) in [6.07, 6.45) is 1.19. The highest BCUT2D eigenvalue weighted by Gasteiger charge is 2.34. The molecule has 3 amide bonds. The number of aliphatic hydroxyl groups excluding tert-OH is 1. The zero-order valence-corrected chi connectivity index (χ0v) is 21.9. The maximum absolute atomic E-state index is 13.3. The summed E-state index contributed by atoms with van der Waals surface area (Å²) in [5.41, 5.74) is 7.28. The van der Waals surface area contributed by atoms with Gasteiger partial charge in [0.2, 0.25) is 17.7 Å². The molecule has 11 nitrogen and oxygen atoms in total. The van der Waals surface area contributed by atoms with Crippen molar-refractivity contribution in [3.8, 4) is 0 Å². The van der Waals surface area contributed by atoms with Gasteiger partial charge < -0.3 is 36.9 Å². The van der Waals surface area contributed by atoms with Gasteiger partial charge in [0.25, 0.3) is 0 Å². The smallest absolute Gasteiger partial charge is 0.326 e. The summed E-state index contributed by atoms with van der Waals surface area (Å²) < 4.78 is 0. The second-order valence-electron chi connectivity index (χ2n) is 9.83. The fourth-order valence-corrected chi connectivity index (χ4v) is 3.93. The van der Waals surface area contributed by atoms with Gasteiger partial charge >= 0.3 is 5.97 Å². The highest BCUT2D eigenvalue weighted by Crippen LogP contribution is 2.19. The minimum atomic E-state index is -1.22. The molecule has 204 valence electrons. The van der Waals surface area contributed by atoms with Crippen LogP contribution in [-0.2, 0) is 25.6 Å². The average Bonchev–Trinajstić information content (AvgIpc) is 3.26. The molecule has 0 aliphatic heterocycles. The molecule has 1 aromatic heterocycles. The molecule has 8 N–H and O–H groups in total. The van der Waals surface area contributed by atoms with Gasteiger partial charge in [0, 0.05) is 23.5 Å². The Morgan fingerprint density at radius 1 is 0.946 bits per heavy atom. The number of aliphatic hydroxyl groups is 1. The molecular weight excluding hydrogens is 478 g/mol. The monoisotopic (exact) mass is 517 g/mol. The number of carboxylic acids is 1. The van der Waals surface area contributed by atoms with Crippen molar-refractivity contribution in [2.45, 2.75) is 77.7 Å². The minimum Gasteiger partial charge on any atom is -0.480 e. The summed E-state index contributed by atoms with van der Waals surface area (Å²) in [5, 5.41) is 28.1. The van der Waals surface area contributed by atoms with Crippen molar-refractivity contribution in [2.75, 3.05) is 0 Å². The lowest BCUT2D eigenvalue weighted by Gasteiger charge is -2.29. The first-order chi connectivity index (χ1) is 17.4. The predicted molar refractivity (Wildman–Crippen MR) is 139 cm³/mol. The number of nitrogens with one attached hydrogen (secondary N) is 4. The Hall–Kier alpha value is -3.44. The number of aliphatic carboxylic acids is 1. The Morgan fingerprint density at radius 3 is 2.11 bits per heavy atom. The molecule has 0 aliphatic rings. The lowest BCUT2D eigenvalue weighted by molar-refractivity contribution is -0.142. The number of carbonyl (C=O) groups is 4. The van der Waals surface area contributed by atoms with Crippen LogP contribution in [-0.4, -0.2) is 69.2 Å². The van der Waals surface area contributed by atoms with Gasteiger partial charge in [0.1, 0.15) is 24.2 Å². The zero-order valence-electron chi connectivity index (χ0n) is 21.9. The number of nitrogens with two attached hydrogens (primary N) is 1. The summed E-state index contributed by atoms with van der Waals surface area (Å²) in [4.78, 5) is 53.9. The molecule has 0 aliphatic carbocycles. The zero-order chi connectivity index (χ0) is 27.9. The van der Waals surface area contributed by atoms with Crippen LogP contribution in [0.15, 0.2) is 30.5 Å². The third kappa shape index (κ3) is 7.77. The fraction of sp³-hybridized carbons (Fsp3) is 0.538. The molecule has 2 rings (SSSR count). The Bertz CT molecular complexity index is 1100. The molecule has 0 fully saturated rings. The van der Waals surface area contributed by atoms with Crippen LogP contribution >= 0.6 is 0 Å². The fourth-order valence-electron chi connectivity index (χ4n) is 3.93. The van der Waals surface area contributed by atoms with Gasteiger partial charge in [-0.15, -0.1) is 0 Å². The Labute approximate surface area is 216 Å². The van der Waals surface area contributed by atoms with Crippen LogP contribution in [0.4, 0.5) is 0 Å². The molecule has 1 aromatic carbocycles. The maximum Gasteiger partial charge on any atom is 0.326 e. The quantitative estimate of drug-likeness (QED) is 0.203. The lowest BCUT2D eigenvalue weighted by atomic mass is 9.95. The normalized spacial score (nSPS) is 16.3. The number of carboxylic acid groups (broad SMARTS) is 1. The van der Waals surface area contributed by atoms with E-state index in [4.69, 9.17) is 5.73 Å². The van der Waals surface area contributed by atoms with Crippen LogP contribution in [0.25, 0.3) is 10.9 Å². The van der Waals surface area contributed by atoms with Crippen molar-refractivity contribution in [3.63, 3.8) is 0 Å². The summed E-state index contributed by atoms with van der Waals surface area (Å²) in [6.45, 7) is 8.43. The topological polar surface area (TPSA) is 187 Å². The molecule has 0 saturated heterocycles. The van der Waals surface area contributed by atoms with E-state index >= 15 is 0 Å². The Kier molecular flexibility index (Phi) is 10.6. The van der Waals surface area contributed by atoms with E-state index in [1.807, 2.05) is 31.2 Å². The van der Waals surface area contributed by atoms with Crippen molar-refractivity contribution in [2.24, 2.45) is 17.6 Å². The second-order valence-corrected chi connectivity index (χ2v) is 9.83. The molecule has 2 aromatic rings. The predicted octanol–water partition coefficient (Wildman–Crippen LogP) is 0.660. The van der Waals surface area contributed by atoms with E-state index in [9.17, 15) is 29.4 Å². The van der Waals surface area contributed by atoms with Gasteiger partial charge in [0.15, 0.2) is 0 Å². The Balaban J connectivity index is 2.19. The first-order valence-corrected chi connectivity index (χ1v) is 12.5. The number of fused-ring (bicyclic) bond motifs is 1. The van der Waals surface area contributed by atoms with Crippen LogP contribution in [0.3, 0.4) is 0 Å². The van der Waals surface area contributed by atoms with Gasteiger partial charge in [0.05, 0.1) is 6.10 Å². The summed E-state index contributed by atoms with van der Waals surface area (Å²) in [6, 6.07) is 2.96. The van der Waals surface area contributed by atoms with E-state index in [2.05, 4.69) is 20.9 Å². The molecule has 37 heavy (non-hydrogen) atoms. The van der Waals surface area contributed by atoms with Crippen LogP contribution in [0.5, 0.6) is 0 Å². The summed E-state index contributed by atoms with van der Waals surface area (Å²) >= 11 is 0. The number of para-hydroxylation sites is 1. The van der Waals surface area contributed by atoms with Crippen molar-refractivity contribution in [1.29, 1.82) is 0 Å². The highest BCUT2D eigenvalue weighted by atomic mass is 16.4. The highest BCUT2D eigenvalue weighted by molar-refractivity contribution is 5.94. The van der Waals surface area contributed by atoms with E-state index in [0.29, 0.717) is 6.42 Å². The Morgan fingerprint density at radius 2 is 1.54 bits per heavy atom. The number of hydrogen-bond donors (Lipinski definition) is 7. The number of rotatable bonds is 13. The summed E-state index contributed by atoms with van der Waals surface area (Å²) in [5.74, 6) is -3.81. The van der Waals surface area contributed by atoms with Crippen molar-refractivity contribution >= 4 is 34.6 Å². The van der Waals surface area contributed by atoms with Crippen LogP contribution < -0.4 is 21.7 Å². The van der Waals surface area contributed by atoms with Crippen molar-refractivity contribution in [1.82, 2.24) is 20.9 Å². The molecule has 11 heteroatoms. The van der Waals surface area contributed by atoms with Crippen LogP contribution in [0.2, 0.25) is 0 Å². The summed E-state index contributed by atoms with van der Waals surface area (Å²) in [7, 11) is 0. The largest absolute Gasteiger partial charge is 0.480 e. The van der Waals surface area contributed by atoms with Crippen molar-refractivity contribution in [3.05, 3.63) is 36.0 Å². The number of amides is 3. The molecule has 6 atom stereocenters. The molecule has 0 bridgehead atoms. The second kappa shape index (κ2) is 13.2. The lowest BCUT2D eigenvalue weighted by Crippen LogP contribution is -2.60. The van der Waals surface area contributed by atoms with Crippen LogP contribution in [0.1, 0.15) is 46.6 Å². The van der Waals surface area contributed by atoms with Gasteiger partial charge in [-0.25, -0.2) is 4.79 Å². The molecule has 0 radical (unpaired) electrons. The van der Waals surface area contributed by atoms with Gasteiger partial charge in [-0.1, -0.05) is 52.3 Å². The van der Waals surface area contributed by atoms with E-state index < -0.39 is 54.0 Å². The third-order valence-electron chi connectivity index (χ3n) is 6.58. The number of benzene rings is 1. The van der Waals surface area contributed by atoms with Gasteiger partial charge in [-0.05, 0) is 30.4 Å². The van der Waals surface area contributed by atoms with E-state index in [-0.39, 0.29) is 18.3 Å². The van der Waals surface area contributed by atoms with Gasteiger partial charge in [-0.2, -0.15) is 0 Å². The number of aromatic nitrogens is 1. The van der Waals surface area contributed by atoms with Gasteiger partial charge in [-0.3, -0.25) is 14.4 Å². The molecule has 0 saturated carbocycles. The number of carbonyl (C=O) groups excluding carboxylic acids is 3. The standard InChI is InChI=1S/C26H39N5O6/c1-6-14(4)22(31-24(34)21(13(2)3)30-23(33)20(27)15(5)32)25(35)29-19(26(36)37)11-16-12-28-18-10-8-7-9-17(16)18/h7-10,12-15,19-22,28,32H,6,11,27H2,1-5H3,(H,29,35)(H,30,33)(H,31,34)(H,36,37). The SMILES string of the molecule is CCC(C)C(NC(=O)C(NC(=O)C(N)C(C)O)C(C)C)C(=O)NC(Cc1c[nH]c2ccccc12)C(=O)O. The minimum absolute atomic E-state index is 0.0498. The third-order valence-corrected chi connectivity index (χ3v) is 6.58. The molecule has 1 heterocycles. The number of aromatic amines is 1. The molecule has 0 spiro atoms. The first-order valence-electron chi connectivity index (χ1n) is 12.5. The number of hydrogen-bond acceptors (Lipinski definition) is 6. The van der Waals surface area contributed by atoms with E-state index in [1.165, 1.54) is 6.92 Å². The molecule has 6 unspecified atom stereocenters. The average molecular weight is 518 g/mol. The molecular formula is C26H39N5O6. The van der Waals surface area contributed by atoms with Crippen LogP contribution in [0, 0.1) is 11.8 Å². The van der Waals surface area contributed by atoms with Crippen molar-refractivity contribution < 1.29 is 29.4 Å². The van der Waals surface area contributed by atoms with E-state index in [1.54, 1.807) is 27.0 Å². The number of H-pyrrole nitrogens is 1. The maximum atomic E-state index is 13.3.